The van der Waals surface area contributed by atoms with Gasteiger partial charge in [0.05, 0.1) is 6.54 Å². The Kier molecular flexibility index (Phi) is 1.67. The lowest BCUT2D eigenvalue weighted by molar-refractivity contribution is 0.955. The van der Waals surface area contributed by atoms with Crippen LogP contribution in [0, 0.1) is 6.58 Å². The average Bonchev–Trinajstić information content (AvgIpc) is 2.19. The lowest BCUT2D eigenvalue weighted by Crippen LogP contribution is -2.17. The highest BCUT2D eigenvalue weighted by atomic mass is 15.1. The second kappa shape index (κ2) is 2.50. The molecule has 0 saturated carbocycles. The van der Waals surface area contributed by atoms with Gasteiger partial charge in [0.2, 0.25) is 0 Å². The van der Waals surface area contributed by atoms with Crippen molar-refractivity contribution in [3.63, 3.8) is 0 Å². The van der Waals surface area contributed by atoms with Gasteiger partial charge >= 0.3 is 0 Å². The molecule has 0 aliphatic carbocycles. The zero-order valence-corrected chi connectivity index (χ0v) is 4.72. The van der Waals surface area contributed by atoms with E-state index in [-0.39, 0.29) is 0 Å². The average molecular weight is 109 g/mol. The van der Waals surface area contributed by atoms with E-state index >= 15 is 0 Å². The Morgan fingerprint density at radius 1 is 1.88 bits per heavy atom. The van der Waals surface area contributed by atoms with Gasteiger partial charge in [-0.1, -0.05) is 12.7 Å². The van der Waals surface area contributed by atoms with E-state index in [9.17, 15) is 0 Å². The van der Waals surface area contributed by atoms with Crippen LogP contribution < -0.4 is 5.32 Å². The molecule has 1 aliphatic heterocycles. The molecule has 0 bridgehead atoms. The predicted octanol–water partition coefficient (Wildman–Crippen LogP) is 0.367. The van der Waals surface area contributed by atoms with Crippen LogP contribution in [-0.4, -0.2) is 18.9 Å². The van der Waals surface area contributed by atoms with Gasteiger partial charge in [-0.15, -0.1) is 0 Å². The maximum atomic E-state index is 5.16. The molecular weight excluding hydrogens is 100 g/mol. The SMILES string of the molecule is [CH]=CCC1=NCCN1. The summed E-state index contributed by atoms with van der Waals surface area (Å²) in [7, 11) is 0. The number of hydrogen-bond donors (Lipinski definition) is 1. The van der Waals surface area contributed by atoms with E-state index in [1.54, 1.807) is 6.08 Å². The fraction of sp³-hybridized carbons (Fsp3) is 0.500. The summed E-state index contributed by atoms with van der Waals surface area (Å²) in [6.07, 6.45) is 2.39. The molecule has 0 fully saturated rings. The molecule has 8 heavy (non-hydrogen) atoms. The molecule has 0 aromatic carbocycles. The van der Waals surface area contributed by atoms with E-state index in [0.29, 0.717) is 0 Å². The minimum Gasteiger partial charge on any atom is -0.372 e. The molecule has 43 valence electrons. The number of rotatable bonds is 2. The van der Waals surface area contributed by atoms with Crippen molar-refractivity contribution < 1.29 is 0 Å². The van der Waals surface area contributed by atoms with Crippen molar-refractivity contribution in [1.82, 2.24) is 5.32 Å². The number of hydrogen-bond acceptors (Lipinski definition) is 2. The van der Waals surface area contributed by atoms with Gasteiger partial charge in [0.25, 0.3) is 0 Å². The van der Waals surface area contributed by atoms with Gasteiger partial charge in [0.15, 0.2) is 0 Å². The first kappa shape index (κ1) is 5.35. The second-order valence-electron chi connectivity index (χ2n) is 1.70. The standard InChI is InChI=1S/C6H9N2/c1-2-3-6-7-4-5-8-6/h1-2H,3-5H2,(H,7,8). The van der Waals surface area contributed by atoms with Crippen molar-refractivity contribution in [2.75, 3.05) is 13.1 Å². The Hall–Kier alpha value is -0.790. The molecule has 1 aliphatic rings. The predicted molar refractivity (Wildman–Crippen MR) is 33.8 cm³/mol. The fourth-order valence-electron chi connectivity index (χ4n) is 0.695. The van der Waals surface area contributed by atoms with E-state index in [1.165, 1.54) is 0 Å². The van der Waals surface area contributed by atoms with E-state index in [1.807, 2.05) is 0 Å². The Bertz CT molecular complexity index is 116. The Morgan fingerprint density at radius 3 is 3.25 bits per heavy atom. The molecule has 0 amide bonds. The van der Waals surface area contributed by atoms with Gasteiger partial charge in [-0.3, -0.25) is 4.99 Å². The number of aliphatic imine (C=N–C) groups is 1. The lowest BCUT2D eigenvalue weighted by Gasteiger charge is -1.92. The van der Waals surface area contributed by atoms with Crippen LogP contribution in [0.5, 0.6) is 0 Å². The topological polar surface area (TPSA) is 24.4 Å². The largest absolute Gasteiger partial charge is 0.372 e. The minimum atomic E-state index is 0.778. The third kappa shape index (κ3) is 1.09. The molecule has 1 rings (SSSR count). The highest BCUT2D eigenvalue weighted by Gasteiger charge is 1.99. The summed E-state index contributed by atoms with van der Waals surface area (Å²) in [5.41, 5.74) is 0. The van der Waals surface area contributed by atoms with Crippen LogP contribution in [0.3, 0.4) is 0 Å². The van der Waals surface area contributed by atoms with Crippen molar-refractivity contribution in [2.24, 2.45) is 4.99 Å². The van der Waals surface area contributed by atoms with E-state index in [4.69, 9.17) is 6.58 Å². The van der Waals surface area contributed by atoms with Crippen LogP contribution in [0.4, 0.5) is 0 Å². The summed E-state index contributed by atoms with van der Waals surface area (Å²) >= 11 is 0. The summed E-state index contributed by atoms with van der Waals surface area (Å²) in [5.74, 6) is 1.02. The molecule has 0 spiro atoms. The molecular formula is C6H9N2. The summed E-state index contributed by atoms with van der Waals surface area (Å²) in [5, 5.41) is 3.10. The summed E-state index contributed by atoms with van der Waals surface area (Å²) in [6.45, 7) is 7.04. The summed E-state index contributed by atoms with van der Waals surface area (Å²) in [4.78, 5) is 4.12. The van der Waals surface area contributed by atoms with Gasteiger partial charge in [-0.2, -0.15) is 0 Å². The van der Waals surface area contributed by atoms with E-state index < -0.39 is 0 Å². The van der Waals surface area contributed by atoms with E-state index in [2.05, 4.69) is 10.3 Å². The smallest absolute Gasteiger partial charge is 0.100 e. The van der Waals surface area contributed by atoms with Crippen LogP contribution >= 0.6 is 0 Å². The van der Waals surface area contributed by atoms with Gasteiger partial charge in [-0.25, -0.2) is 0 Å². The van der Waals surface area contributed by atoms with Crippen LogP contribution in [0.15, 0.2) is 11.1 Å². The normalized spacial score (nSPS) is 17.2. The number of nitrogens with one attached hydrogen (secondary N) is 1. The third-order valence-corrected chi connectivity index (χ3v) is 1.05. The molecule has 1 radical (unpaired) electrons. The van der Waals surface area contributed by atoms with Crippen molar-refractivity contribution in [2.45, 2.75) is 6.42 Å². The Morgan fingerprint density at radius 2 is 2.75 bits per heavy atom. The quantitative estimate of drug-likeness (QED) is 0.544. The van der Waals surface area contributed by atoms with E-state index in [0.717, 1.165) is 25.3 Å². The molecule has 0 aromatic heterocycles. The Labute approximate surface area is 49.3 Å². The molecule has 2 nitrogen and oxygen atoms in total. The van der Waals surface area contributed by atoms with Gasteiger partial charge in [-0.05, 0) is 0 Å². The highest BCUT2D eigenvalue weighted by molar-refractivity contribution is 5.84. The summed E-state index contributed by atoms with van der Waals surface area (Å²) < 4.78 is 0. The van der Waals surface area contributed by atoms with Gasteiger partial charge in [0, 0.05) is 13.0 Å². The highest BCUT2D eigenvalue weighted by Crippen LogP contribution is 1.89. The van der Waals surface area contributed by atoms with Crippen molar-refractivity contribution in [3.8, 4) is 0 Å². The van der Waals surface area contributed by atoms with Crippen molar-refractivity contribution in [3.05, 3.63) is 12.7 Å². The van der Waals surface area contributed by atoms with Crippen molar-refractivity contribution >= 4 is 5.84 Å². The van der Waals surface area contributed by atoms with Crippen LogP contribution in [-0.2, 0) is 0 Å². The first-order valence-corrected chi connectivity index (χ1v) is 2.74. The molecule has 0 atom stereocenters. The third-order valence-electron chi connectivity index (χ3n) is 1.05. The lowest BCUT2D eigenvalue weighted by atomic mass is 10.4. The van der Waals surface area contributed by atoms with Crippen LogP contribution in [0.25, 0.3) is 0 Å². The first-order chi connectivity index (χ1) is 3.93. The Balaban J connectivity index is 2.33. The number of nitrogens with zero attached hydrogens (tertiary/aromatic N) is 1. The zero-order chi connectivity index (χ0) is 5.82. The molecule has 0 unspecified atom stereocenters. The van der Waals surface area contributed by atoms with Crippen molar-refractivity contribution in [1.29, 1.82) is 0 Å². The monoisotopic (exact) mass is 109 g/mol. The van der Waals surface area contributed by atoms with Crippen LogP contribution in [0.2, 0.25) is 0 Å². The zero-order valence-electron chi connectivity index (χ0n) is 4.72. The summed E-state index contributed by atoms with van der Waals surface area (Å²) in [6, 6.07) is 0. The first-order valence-electron chi connectivity index (χ1n) is 2.74. The second-order valence-corrected chi connectivity index (χ2v) is 1.70. The molecule has 0 saturated heterocycles. The molecule has 2 heteroatoms. The maximum absolute atomic E-state index is 5.16. The van der Waals surface area contributed by atoms with Gasteiger partial charge in [0.1, 0.15) is 5.84 Å². The number of amidine groups is 1. The maximum Gasteiger partial charge on any atom is 0.100 e. The fourth-order valence-corrected chi connectivity index (χ4v) is 0.695. The molecule has 1 N–H and O–H groups in total. The van der Waals surface area contributed by atoms with Crippen LogP contribution in [0.1, 0.15) is 6.42 Å². The molecule has 1 heterocycles. The minimum absolute atomic E-state index is 0.778. The molecule has 0 aromatic rings. The van der Waals surface area contributed by atoms with Gasteiger partial charge < -0.3 is 5.32 Å².